The van der Waals surface area contributed by atoms with Gasteiger partial charge in [0.1, 0.15) is 293 Å². The number of aliphatic hydroxyl groups excluding tert-OH is 37. The van der Waals surface area contributed by atoms with Gasteiger partial charge in [-0.25, -0.2) is 0 Å². The minimum Gasteiger partial charge on any atom is -0.394 e. The van der Waals surface area contributed by atoms with Crippen molar-refractivity contribution in [2.24, 2.45) is 0 Å². The molecule has 12 fully saturated rings. The molecule has 12 aliphatic rings. The summed E-state index contributed by atoms with van der Waals surface area (Å²) in [7, 11) is 0. The number of ether oxygens (including phenoxy) is 23. The predicted molar refractivity (Wildman–Crippen MR) is 407 cm³/mol. The Morgan fingerprint density at radius 1 is 0.191 bits per heavy atom. The van der Waals surface area contributed by atoms with E-state index in [2.05, 4.69) is 5.32 Å². The topological polar surface area (TPSA) is 990 Å². The van der Waals surface area contributed by atoms with Crippen molar-refractivity contribution in [2.75, 3.05) is 79.3 Å². The number of aliphatic hydroxyl groups is 37. The van der Waals surface area contributed by atoms with E-state index in [0.29, 0.717) is 0 Å². The number of carbonyl (C=O) groups excluding carboxylic acids is 1. The van der Waals surface area contributed by atoms with Crippen LogP contribution >= 0.6 is 0 Å². The van der Waals surface area contributed by atoms with E-state index < -0.39 is 454 Å². The highest BCUT2D eigenvalue weighted by atomic mass is 16.8. The maximum atomic E-state index is 12.7. The summed E-state index contributed by atoms with van der Waals surface area (Å²) < 4.78 is 135. The molecule has 136 heavy (non-hydrogen) atoms. The molecule has 0 aromatic heterocycles. The summed E-state index contributed by atoms with van der Waals surface area (Å²) in [6.07, 6.45) is -133. The first-order valence-corrected chi connectivity index (χ1v) is 43.2. The standard InChI is InChI=1S/C74H125NO61/c1-14(86)75-27-39(98)54(24(11-85)116-63(27)113)128-68-53(112)56(38(97)26(127-68)12-114-64-52(111)55(129-65-49(108)40(99)28(87)15(2-76)117-65)37(96)25(126-64)13-115-69-57(43(102)31(90)18(5-79)120-69)131-66-50(109)41(100)29(88)16(3-77)118-66)130-70-59(45(104)33(92)19(6-80)121-70)133-72-61(47(106)35(94)21(8-82)123-72)135-74-62(48(107)36(95)23(10-84)125-74)136-73-60(46(105)34(93)22(9-83)124-73)134-71-58(44(103)32(91)20(7-81)122-71)132-67-51(110)42(101)30(89)17(4-78)119-67/h15-74,76-85,87-113H,2-13H2,1H3,(H,75,86)/t15-,16-,17-,18-,19-,20-,21-,22-,23-,24-,25-,26-,27-,28-,29-,30-,31-,32-,33-,34-,35-,36-,37-,38-,39-,40+,41+,42+,43+,44+,45+,46+,47+,48+,49+,50+,51-,52+,53+,54-,55+,56+,57+,58-,59+,60-,61+,62+,63?,64+,65-,66-,67+,68+,69+,70-,71+,72-,73+,74-/m1/s1. The lowest BCUT2D eigenvalue weighted by molar-refractivity contribution is -0.420. The third kappa shape index (κ3) is 23.5. The zero-order valence-electron chi connectivity index (χ0n) is 71.5. The van der Waals surface area contributed by atoms with Crippen molar-refractivity contribution in [3.05, 3.63) is 0 Å². The van der Waals surface area contributed by atoms with E-state index in [-0.39, 0.29) is 0 Å². The smallest absolute Gasteiger partial charge is 0.217 e. The Hall–Kier alpha value is -2.93. The molecule has 38 N–H and O–H groups in total. The van der Waals surface area contributed by atoms with Gasteiger partial charge in [0.15, 0.2) is 75.5 Å². The average molecular weight is 2000 g/mol. The molecule has 0 bridgehead atoms. The van der Waals surface area contributed by atoms with Crippen LogP contribution < -0.4 is 5.32 Å². The molecular formula is C74H125NO61. The first-order chi connectivity index (χ1) is 64.5. The number of carbonyl (C=O) groups is 1. The van der Waals surface area contributed by atoms with Crippen molar-refractivity contribution >= 4 is 5.91 Å². The average Bonchev–Trinajstić information content (AvgIpc) is 0.736. The van der Waals surface area contributed by atoms with Crippen molar-refractivity contribution in [3.8, 4) is 0 Å². The van der Waals surface area contributed by atoms with Crippen molar-refractivity contribution in [1.29, 1.82) is 0 Å². The van der Waals surface area contributed by atoms with Gasteiger partial charge in [-0.15, -0.1) is 0 Å². The molecular weight excluding hydrogens is 1880 g/mol. The quantitative estimate of drug-likeness (QED) is 0.0280. The highest BCUT2D eigenvalue weighted by molar-refractivity contribution is 5.73. The minimum atomic E-state index is -2.66. The summed E-state index contributed by atoms with van der Waals surface area (Å²) in [6, 6.07) is -1.86. The maximum absolute atomic E-state index is 12.7. The van der Waals surface area contributed by atoms with Crippen LogP contribution in [-0.4, -0.2) is 643 Å². The number of nitrogens with one attached hydrogen (secondary N) is 1. The van der Waals surface area contributed by atoms with Gasteiger partial charge in [0.25, 0.3) is 0 Å². The second-order valence-electron chi connectivity index (χ2n) is 34.4. The Kier molecular flexibility index (Phi) is 40.0. The highest BCUT2D eigenvalue weighted by Gasteiger charge is 2.63. The molecule has 0 radical (unpaired) electrons. The van der Waals surface area contributed by atoms with Crippen LogP contribution in [-0.2, 0) is 114 Å². The molecule has 12 rings (SSSR count). The summed E-state index contributed by atoms with van der Waals surface area (Å²) in [6.45, 7) is -13.2. The van der Waals surface area contributed by atoms with E-state index in [1.807, 2.05) is 0 Å². The monoisotopic (exact) mass is 2000 g/mol. The maximum Gasteiger partial charge on any atom is 0.217 e. The van der Waals surface area contributed by atoms with Crippen LogP contribution in [0.25, 0.3) is 0 Å². The summed E-state index contributed by atoms with van der Waals surface area (Å²) in [5.74, 6) is -0.917. The fourth-order valence-electron chi connectivity index (χ4n) is 17.5. The Morgan fingerprint density at radius 3 is 0.669 bits per heavy atom. The third-order valence-corrected chi connectivity index (χ3v) is 25.5. The molecule has 60 atom stereocenters. The Balaban J connectivity index is 0.858. The number of hydrogen-bond acceptors (Lipinski definition) is 61. The van der Waals surface area contributed by atoms with E-state index in [4.69, 9.17) is 109 Å². The first-order valence-electron chi connectivity index (χ1n) is 43.2. The van der Waals surface area contributed by atoms with Crippen LogP contribution in [0.2, 0.25) is 0 Å². The molecule has 0 saturated carbocycles. The van der Waals surface area contributed by atoms with Crippen molar-refractivity contribution in [2.45, 2.75) is 375 Å². The van der Waals surface area contributed by atoms with Crippen molar-refractivity contribution < 1.29 is 303 Å². The van der Waals surface area contributed by atoms with E-state index in [1.54, 1.807) is 0 Å². The molecule has 792 valence electrons. The third-order valence-electron chi connectivity index (χ3n) is 25.5. The van der Waals surface area contributed by atoms with Crippen molar-refractivity contribution in [3.63, 3.8) is 0 Å². The SMILES string of the molecule is CC(=O)N[C@H]1C(O)O[C@H](CO)[C@@H](O[C@@H]2O[C@H](CO[C@H]3O[C@H](CO[C@H]4O[C@H](CO)[C@@H](O)[C@H](O)[C@@H]4O[C@H]4O[C@H](CO)[C@@H](O)[C@H](O)[C@@H]4O)[C@@H](O)[C@H](O[C@H]4O[C@H](CO)[C@@H](O)[C@H](O)[C@@H]4O)[C@@H]3O)[C@@H](O)[C@H](O[C@H]3O[C@H](CO)[C@@H](O)[C@H](O)[C@@H]3O[C@H]3O[C@H](CO)[C@@H](O)[C@H](O)[C@@H]3O[C@H]3O[C@H](CO)[C@@H](O)[C@H](O)[C@@H]3O[C@@H]3O[C@H](CO)[C@@H](O)[C@H](O)[C@H]3O[C@@H]3O[C@H](CO)[C@@H](O)[C@H](O)[C@H]3O[C@@H]3O[C@H](CO)[C@@H](O)[C@H](O)[C@H]3O)[C@@H]2O)[C@@H]1O. The van der Waals surface area contributed by atoms with Gasteiger partial charge < -0.3 is 303 Å². The van der Waals surface area contributed by atoms with Crippen LogP contribution in [0.4, 0.5) is 0 Å². The van der Waals surface area contributed by atoms with Gasteiger partial charge in [-0.1, -0.05) is 0 Å². The van der Waals surface area contributed by atoms with Gasteiger partial charge in [0.2, 0.25) is 5.91 Å². The highest BCUT2D eigenvalue weighted by Crippen LogP contribution is 2.43. The fourth-order valence-corrected chi connectivity index (χ4v) is 17.5. The normalized spacial score (nSPS) is 52.8. The largest absolute Gasteiger partial charge is 0.394 e. The molecule has 1 amide bonds. The Bertz CT molecular complexity index is 3590. The van der Waals surface area contributed by atoms with Gasteiger partial charge in [0.05, 0.1) is 79.3 Å². The molecule has 12 saturated heterocycles. The summed E-state index contributed by atoms with van der Waals surface area (Å²) in [5.41, 5.74) is 0. The van der Waals surface area contributed by atoms with Gasteiger partial charge in [0, 0.05) is 6.92 Å². The Labute approximate surface area is 766 Å². The lowest BCUT2D eigenvalue weighted by atomic mass is 9.94. The van der Waals surface area contributed by atoms with Gasteiger partial charge >= 0.3 is 0 Å². The zero-order valence-corrected chi connectivity index (χ0v) is 71.5. The summed E-state index contributed by atoms with van der Waals surface area (Å²) >= 11 is 0. The Morgan fingerprint density at radius 2 is 0.390 bits per heavy atom. The molecule has 0 spiro atoms. The summed E-state index contributed by atoms with van der Waals surface area (Å²) in [5, 5.41) is 415. The molecule has 62 nitrogen and oxygen atoms in total. The van der Waals surface area contributed by atoms with E-state index >= 15 is 0 Å². The minimum absolute atomic E-state index is 0.917. The number of amides is 1. The first kappa shape index (κ1) is 112. The molecule has 12 heterocycles. The van der Waals surface area contributed by atoms with Crippen LogP contribution in [0.3, 0.4) is 0 Å². The molecule has 0 aromatic rings. The van der Waals surface area contributed by atoms with Gasteiger partial charge in [-0.3, -0.25) is 4.79 Å². The predicted octanol–water partition coefficient (Wildman–Crippen LogP) is -27.0. The van der Waals surface area contributed by atoms with Crippen LogP contribution in [0.15, 0.2) is 0 Å². The molecule has 0 aliphatic carbocycles. The lowest BCUT2D eigenvalue weighted by Crippen LogP contribution is -2.69. The zero-order chi connectivity index (χ0) is 99.7. The molecule has 0 aromatic carbocycles. The van der Waals surface area contributed by atoms with E-state index in [9.17, 15) is 194 Å². The fraction of sp³-hybridized carbons (Fsp3) is 0.986. The molecule has 1 unspecified atom stereocenters. The van der Waals surface area contributed by atoms with Crippen LogP contribution in [0.1, 0.15) is 6.92 Å². The van der Waals surface area contributed by atoms with E-state index in [1.165, 1.54) is 0 Å². The second-order valence-corrected chi connectivity index (χ2v) is 34.4. The molecule has 62 heteroatoms. The lowest BCUT2D eigenvalue weighted by Gasteiger charge is -2.51. The second kappa shape index (κ2) is 48.6. The van der Waals surface area contributed by atoms with Gasteiger partial charge in [-0.2, -0.15) is 0 Å². The van der Waals surface area contributed by atoms with Crippen molar-refractivity contribution in [1.82, 2.24) is 5.32 Å². The van der Waals surface area contributed by atoms with Gasteiger partial charge in [-0.05, 0) is 0 Å². The van der Waals surface area contributed by atoms with E-state index in [0.717, 1.165) is 6.92 Å². The summed E-state index contributed by atoms with van der Waals surface area (Å²) in [4.78, 5) is 12.5. The van der Waals surface area contributed by atoms with Crippen LogP contribution in [0.5, 0.6) is 0 Å². The molecule has 12 aliphatic heterocycles. The number of rotatable bonds is 35. The van der Waals surface area contributed by atoms with Crippen LogP contribution in [0, 0.1) is 0 Å². The number of hydrogen-bond donors (Lipinski definition) is 38.